The smallest absolute Gasteiger partial charge is 0.545 e. The van der Waals surface area contributed by atoms with Gasteiger partial charge in [0.25, 0.3) is 0 Å². The molecule has 2 aliphatic carbocycles. The third kappa shape index (κ3) is 8.68. The van der Waals surface area contributed by atoms with Crippen LogP contribution in [0.4, 0.5) is 0 Å². The maximum Gasteiger partial charge on any atom is 1.00 e. The van der Waals surface area contributed by atoms with E-state index in [2.05, 4.69) is 13.2 Å². The summed E-state index contributed by atoms with van der Waals surface area (Å²) < 4.78 is 0. The van der Waals surface area contributed by atoms with E-state index in [1.807, 2.05) is 0 Å². The second kappa shape index (κ2) is 13.6. The number of hydrogen-bond acceptors (Lipinski definition) is 4. The first-order valence-corrected chi connectivity index (χ1v) is 8.11. The van der Waals surface area contributed by atoms with E-state index < -0.39 is 11.9 Å². The second-order valence-corrected chi connectivity index (χ2v) is 6.50. The van der Waals surface area contributed by atoms with E-state index in [0.29, 0.717) is 17.4 Å². The van der Waals surface area contributed by atoms with Crippen molar-refractivity contribution < 1.29 is 78.9 Å². The molecular weight excluding hydrogens is 326 g/mol. The molecule has 0 N–H and O–H groups in total. The van der Waals surface area contributed by atoms with E-state index in [1.165, 1.54) is 58.3 Å². The standard InChI is InChI=1S/C14H22O2.C4H6O2.2Na/c1-10(14(15)16)13(11-6-2-3-7-11)12-8-4-5-9-12;1-3(2)4(5)6;;/h11-13H,1-9H2,(H,15,16);1H2,2H3,(H,5,6);;/q;;2*+1/p-2. The van der Waals surface area contributed by atoms with Crippen LogP contribution in [0.2, 0.25) is 0 Å². The van der Waals surface area contributed by atoms with Gasteiger partial charge in [-0.15, -0.1) is 0 Å². The van der Waals surface area contributed by atoms with E-state index in [9.17, 15) is 19.8 Å². The molecule has 2 fully saturated rings. The van der Waals surface area contributed by atoms with Gasteiger partial charge in [0, 0.05) is 0 Å². The Morgan fingerprint density at radius 2 is 1.12 bits per heavy atom. The monoisotopic (exact) mass is 352 g/mol. The molecule has 2 saturated carbocycles. The summed E-state index contributed by atoms with van der Waals surface area (Å²) in [5.41, 5.74) is 0.439. The van der Waals surface area contributed by atoms with Crippen LogP contribution in [-0.4, -0.2) is 11.9 Å². The molecule has 0 aromatic carbocycles. The number of carboxylic acid groups (broad SMARTS) is 2. The summed E-state index contributed by atoms with van der Waals surface area (Å²) in [4.78, 5) is 20.5. The first kappa shape index (κ1) is 26.6. The van der Waals surface area contributed by atoms with Crippen molar-refractivity contribution in [2.24, 2.45) is 17.8 Å². The molecule has 0 saturated heterocycles. The van der Waals surface area contributed by atoms with Gasteiger partial charge in [-0.05, 0) is 61.5 Å². The third-order valence-corrected chi connectivity index (χ3v) is 4.83. The van der Waals surface area contributed by atoms with Crippen LogP contribution in [0.3, 0.4) is 0 Å². The molecule has 0 atom stereocenters. The molecule has 0 bridgehead atoms. The molecule has 0 unspecified atom stereocenters. The first-order chi connectivity index (χ1) is 10.3. The summed E-state index contributed by atoms with van der Waals surface area (Å²) in [6.45, 7) is 8.26. The average molecular weight is 352 g/mol. The van der Waals surface area contributed by atoms with Gasteiger partial charge in [-0.2, -0.15) is 0 Å². The number of hydrogen-bond donors (Lipinski definition) is 0. The minimum absolute atomic E-state index is 0. The minimum Gasteiger partial charge on any atom is -0.545 e. The topological polar surface area (TPSA) is 80.3 Å². The van der Waals surface area contributed by atoms with Crippen LogP contribution in [0.1, 0.15) is 58.3 Å². The van der Waals surface area contributed by atoms with Crippen LogP contribution in [0.15, 0.2) is 24.3 Å². The predicted molar refractivity (Wildman–Crippen MR) is 81.4 cm³/mol. The van der Waals surface area contributed by atoms with Crippen LogP contribution in [-0.2, 0) is 9.59 Å². The quantitative estimate of drug-likeness (QED) is 0.370. The molecule has 124 valence electrons. The average Bonchev–Trinajstić information content (AvgIpc) is 3.12. The molecule has 0 amide bonds. The Balaban J connectivity index is 0. The van der Waals surface area contributed by atoms with Crippen LogP contribution in [0.25, 0.3) is 0 Å². The first-order valence-electron chi connectivity index (χ1n) is 8.11. The fourth-order valence-electron chi connectivity index (χ4n) is 3.72. The molecule has 2 aliphatic rings. The van der Waals surface area contributed by atoms with Gasteiger partial charge in [0.15, 0.2) is 0 Å². The molecule has 0 spiro atoms. The van der Waals surface area contributed by atoms with Crippen LogP contribution in [0, 0.1) is 17.8 Å². The SMILES string of the molecule is C=C(C(=O)[O-])C(C1CCCC1)C1CCCC1.C=C(C)C(=O)[O-].[Na+].[Na+]. The number of rotatable bonds is 5. The summed E-state index contributed by atoms with van der Waals surface area (Å²) in [5, 5.41) is 20.5. The van der Waals surface area contributed by atoms with E-state index in [4.69, 9.17) is 0 Å². The molecular formula is C18H26Na2O4. The number of carbonyl (C=O) groups is 2. The zero-order valence-electron chi connectivity index (χ0n) is 15.4. The number of aliphatic carboxylic acids is 2. The summed E-state index contributed by atoms with van der Waals surface area (Å²) in [5.74, 6) is -0.879. The van der Waals surface area contributed by atoms with Gasteiger partial charge in [0.1, 0.15) is 0 Å². The van der Waals surface area contributed by atoms with E-state index >= 15 is 0 Å². The van der Waals surface area contributed by atoms with Crippen molar-refractivity contribution in [3.05, 3.63) is 24.3 Å². The molecule has 6 heteroatoms. The third-order valence-electron chi connectivity index (χ3n) is 4.83. The zero-order valence-corrected chi connectivity index (χ0v) is 19.4. The second-order valence-electron chi connectivity index (χ2n) is 6.50. The zero-order chi connectivity index (χ0) is 16.7. The van der Waals surface area contributed by atoms with Gasteiger partial charge in [-0.25, -0.2) is 0 Å². The fourth-order valence-corrected chi connectivity index (χ4v) is 3.72. The van der Waals surface area contributed by atoms with Gasteiger partial charge >= 0.3 is 59.1 Å². The maximum absolute atomic E-state index is 11.0. The van der Waals surface area contributed by atoms with Crippen molar-refractivity contribution >= 4 is 11.9 Å². The van der Waals surface area contributed by atoms with Crippen molar-refractivity contribution in [3.63, 3.8) is 0 Å². The Bertz CT molecular complexity index is 408. The summed E-state index contributed by atoms with van der Waals surface area (Å²) in [7, 11) is 0. The molecule has 0 aliphatic heterocycles. The van der Waals surface area contributed by atoms with Gasteiger partial charge in [0.2, 0.25) is 0 Å². The normalized spacial score (nSPS) is 17.2. The predicted octanol–water partition coefficient (Wildman–Crippen LogP) is -4.39. The summed E-state index contributed by atoms with van der Waals surface area (Å²) in [6.07, 6.45) is 9.78. The van der Waals surface area contributed by atoms with E-state index in [1.54, 1.807) is 0 Å². The van der Waals surface area contributed by atoms with Crippen LogP contribution in [0.5, 0.6) is 0 Å². The summed E-state index contributed by atoms with van der Waals surface area (Å²) in [6, 6.07) is 0. The van der Waals surface area contributed by atoms with Crippen LogP contribution < -0.4 is 69.3 Å². The Morgan fingerprint density at radius 1 is 0.833 bits per heavy atom. The van der Waals surface area contributed by atoms with Crippen molar-refractivity contribution in [3.8, 4) is 0 Å². The van der Waals surface area contributed by atoms with Gasteiger partial charge in [-0.1, -0.05) is 38.8 Å². The Hall–Kier alpha value is 0.420. The Kier molecular flexibility index (Phi) is 15.1. The van der Waals surface area contributed by atoms with Crippen molar-refractivity contribution in [1.82, 2.24) is 0 Å². The largest absolute Gasteiger partial charge is 1.00 e. The van der Waals surface area contributed by atoms with Crippen molar-refractivity contribution in [2.75, 3.05) is 0 Å². The minimum atomic E-state index is -1.19. The maximum atomic E-state index is 11.0. The van der Waals surface area contributed by atoms with E-state index in [-0.39, 0.29) is 70.6 Å². The van der Waals surface area contributed by atoms with Gasteiger partial charge < -0.3 is 19.8 Å². The Labute approximate surface area is 189 Å². The molecule has 2 rings (SSSR count). The van der Waals surface area contributed by atoms with Crippen molar-refractivity contribution in [2.45, 2.75) is 58.3 Å². The number of carboxylic acids is 2. The molecule has 0 aromatic rings. The molecule has 0 heterocycles. The fraction of sp³-hybridized carbons (Fsp3) is 0.667. The molecule has 24 heavy (non-hydrogen) atoms. The van der Waals surface area contributed by atoms with Crippen LogP contribution >= 0.6 is 0 Å². The van der Waals surface area contributed by atoms with Gasteiger partial charge in [0.05, 0.1) is 11.9 Å². The Morgan fingerprint density at radius 3 is 1.33 bits per heavy atom. The molecule has 0 aromatic heterocycles. The number of carbonyl (C=O) groups excluding carboxylic acids is 2. The van der Waals surface area contributed by atoms with Gasteiger partial charge in [-0.3, -0.25) is 0 Å². The summed E-state index contributed by atoms with van der Waals surface area (Å²) >= 11 is 0. The molecule has 0 radical (unpaired) electrons. The van der Waals surface area contributed by atoms with E-state index in [0.717, 1.165) is 0 Å². The van der Waals surface area contributed by atoms with Crippen molar-refractivity contribution in [1.29, 1.82) is 0 Å². The molecule has 4 nitrogen and oxygen atoms in total.